The summed E-state index contributed by atoms with van der Waals surface area (Å²) in [5.74, 6) is -0.0895. The number of benzene rings is 2. The summed E-state index contributed by atoms with van der Waals surface area (Å²) in [6.07, 6.45) is 4.11. The van der Waals surface area contributed by atoms with Gasteiger partial charge in [-0.05, 0) is 74.5 Å². The van der Waals surface area contributed by atoms with Gasteiger partial charge in [-0.3, -0.25) is 9.52 Å². The molecule has 144 valence electrons. The number of carbonyl (C=O) groups excluding carboxylic acids is 1. The van der Waals surface area contributed by atoms with Crippen LogP contribution in [0, 0.1) is 0 Å². The number of hydrogen-bond donors (Lipinski definition) is 2. The van der Waals surface area contributed by atoms with Gasteiger partial charge in [0.2, 0.25) is 0 Å². The molecule has 0 aliphatic heterocycles. The van der Waals surface area contributed by atoms with Gasteiger partial charge in [-0.15, -0.1) is 0 Å². The zero-order valence-electron chi connectivity index (χ0n) is 15.8. The van der Waals surface area contributed by atoms with Gasteiger partial charge in [-0.25, -0.2) is 8.42 Å². The summed E-state index contributed by atoms with van der Waals surface area (Å²) < 4.78 is 27.9. The highest BCUT2D eigenvalue weighted by Crippen LogP contribution is 2.26. The summed E-state index contributed by atoms with van der Waals surface area (Å²) in [4.78, 5) is 11.5. The lowest BCUT2D eigenvalue weighted by Gasteiger charge is -2.26. The van der Waals surface area contributed by atoms with E-state index in [2.05, 4.69) is 17.0 Å². The number of Topliss-reactive ketones (excluding diaryl/α,β-unsaturated/α-hetero) is 1. The Kier molecular flexibility index (Phi) is 5.97. The predicted molar refractivity (Wildman–Crippen MR) is 108 cm³/mol. The zero-order valence-corrected chi connectivity index (χ0v) is 16.6. The molecule has 0 amide bonds. The Hall–Kier alpha value is -2.18. The molecule has 1 aliphatic carbocycles. The fourth-order valence-corrected chi connectivity index (χ4v) is 4.47. The van der Waals surface area contributed by atoms with E-state index in [0.717, 1.165) is 32.2 Å². The van der Waals surface area contributed by atoms with Gasteiger partial charge in [0.25, 0.3) is 10.0 Å². The molecule has 3 rings (SSSR count). The summed E-state index contributed by atoms with van der Waals surface area (Å²) in [7, 11) is -3.68. The monoisotopic (exact) mass is 386 g/mol. The molecular formula is C21H26N2O3S. The molecule has 27 heavy (non-hydrogen) atoms. The van der Waals surface area contributed by atoms with Gasteiger partial charge in [-0.1, -0.05) is 25.1 Å². The summed E-state index contributed by atoms with van der Waals surface area (Å²) in [5.41, 5.74) is 3.55. The van der Waals surface area contributed by atoms with Crippen molar-refractivity contribution in [1.82, 2.24) is 5.32 Å². The van der Waals surface area contributed by atoms with Crippen LogP contribution in [0.1, 0.15) is 48.2 Å². The highest BCUT2D eigenvalue weighted by Gasteiger charge is 2.20. The lowest BCUT2D eigenvalue weighted by Crippen LogP contribution is -2.35. The molecule has 2 aromatic carbocycles. The van der Waals surface area contributed by atoms with E-state index in [0.29, 0.717) is 17.3 Å². The van der Waals surface area contributed by atoms with Crippen molar-refractivity contribution in [2.75, 3.05) is 11.3 Å². The number of ketones is 1. The number of sulfonamides is 1. The van der Waals surface area contributed by atoms with E-state index < -0.39 is 10.0 Å². The lowest BCUT2D eigenvalue weighted by molar-refractivity contribution is 0.101. The second kappa shape index (κ2) is 8.23. The maximum atomic E-state index is 12.6. The first-order chi connectivity index (χ1) is 12.9. The van der Waals surface area contributed by atoms with Crippen molar-refractivity contribution in [1.29, 1.82) is 0 Å². The van der Waals surface area contributed by atoms with Crippen LogP contribution in [0.25, 0.3) is 0 Å². The summed E-state index contributed by atoms with van der Waals surface area (Å²) in [6.45, 7) is 4.65. The Balaban J connectivity index is 1.73. The molecule has 0 heterocycles. The van der Waals surface area contributed by atoms with Crippen LogP contribution >= 0.6 is 0 Å². The van der Waals surface area contributed by atoms with Crippen molar-refractivity contribution in [2.45, 2.75) is 50.5 Å². The van der Waals surface area contributed by atoms with Crippen LogP contribution in [0.15, 0.2) is 47.4 Å². The Labute approximate surface area is 161 Å². The van der Waals surface area contributed by atoms with E-state index in [-0.39, 0.29) is 10.7 Å². The number of anilines is 1. The van der Waals surface area contributed by atoms with Crippen LogP contribution in [-0.4, -0.2) is 26.8 Å². The molecule has 0 fully saturated rings. The second-order valence-corrected chi connectivity index (χ2v) is 8.75. The molecule has 0 saturated carbocycles. The van der Waals surface area contributed by atoms with Crippen LogP contribution < -0.4 is 10.0 Å². The predicted octanol–water partition coefficient (Wildman–Crippen LogP) is 3.55. The van der Waals surface area contributed by atoms with Crippen LogP contribution in [0.2, 0.25) is 0 Å². The standard InChI is InChI=1S/C21H26N2O3S/c1-3-12-22-19-8-4-18-14-20(9-5-17(18)13-19)23-27(25,26)21-10-6-16(7-11-21)15(2)24/h5-7,9-11,14,19,22-23H,3-4,8,12-13H2,1-2H3. The maximum Gasteiger partial charge on any atom is 0.261 e. The minimum Gasteiger partial charge on any atom is -0.314 e. The molecular weight excluding hydrogens is 360 g/mol. The second-order valence-electron chi connectivity index (χ2n) is 7.06. The van der Waals surface area contributed by atoms with E-state index in [1.54, 1.807) is 0 Å². The molecule has 0 saturated heterocycles. The third-order valence-corrected chi connectivity index (χ3v) is 6.34. The normalized spacial score (nSPS) is 16.6. The first-order valence-corrected chi connectivity index (χ1v) is 10.9. The first-order valence-electron chi connectivity index (χ1n) is 9.38. The number of hydrogen-bond acceptors (Lipinski definition) is 4. The molecule has 0 radical (unpaired) electrons. The van der Waals surface area contributed by atoms with Gasteiger partial charge >= 0.3 is 0 Å². The highest BCUT2D eigenvalue weighted by molar-refractivity contribution is 7.92. The van der Waals surface area contributed by atoms with Gasteiger partial charge in [0.1, 0.15) is 0 Å². The van der Waals surface area contributed by atoms with Crippen LogP contribution in [0.4, 0.5) is 5.69 Å². The summed E-state index contributed by atoms with van der Waals surface area (Å²) in [5, 5.41) is 3.56. The molecule has 1 unspecified atom stereocenters. The molecule has 1 atom stereocenters. The van der Waals surface area contributed by atoms with Crippen molar-refractivity contribution < 1.29 is 13.2 Å². The molecule has 1 aliphatic rings. The van der Waals surface area contributed by atoms with Crippen molar-refractivity contribution >= 4 is 21.5 Å². The largest absolute Gasteiger partial charge is 0.314 e. The Morgan fingerprint density at radius 1 is 1.11 bits per heavy atom. The fraction of sp³-hybridized carbons (Fsp3) is 0.381. The van der Waals surface area contributed by atoms with Crippen molar-refractivity contribution in [3.05, 3.63) is 59.2 Å². The highest BCUT2D eigenvalue weighted by atomic mass is 32.2. The first kappa shape index (κ1) is 19.6. The van der Waals surface area contributed by atoms with Gasteiger partial charge in [0.15, 0.2) is 5.78 Å². The van der Waals surface area contributed by atoms with E-state index in [9.17, 15) is 13.2 Å². The Morgan fingerprint density at radius 2 is 1.85 bits per heavy atom. The van der Waals surface area contributed by atoms with Crippen molar-refractivity contribution in [2.24, 2.45) is 0 Å². The van der Waals surface area contributed by atoms with E-state index in [4.69, 9.17) is 0 Å². The van der Waals surface area contributed by atoms with Crippen LogP contribution in [0.5, 0.6) is 0 Å². The minimum absolute atomic E-state index is 0.0895. The quantitative estimate of drug-likeness (QED) is 0.714. The smallest absolute Gasteiger partial charge is 0.261 e. The number of aryl methyl sites for hydroxylation is 1. The van der Waals surface area contributed by atoms with Gasteiger partial charge in [0.05, 0.1) is 4.90 Å². The SMILES string of the molecule is CCCNC1CCc2cc(NS(=O)(=O)c3ccc(C(C)=O)cc3)ccc2C1. The molecule has 6 heteroatoms. The van der Waals surface area contributed by atoms with E-state index in [1.165, 1.54) is 42.3 Å². The Morgan fingerprint density at radius 3 is 2.52 bits per heavy atom. The number of carbonyl (C=O) groups is 1. The average Bonchev–Trinajstić information content (AvgIpc) is 2.66. The molecule has 2 N–H and O–H groups in total. The molecule has 0 spiro atoms. The van der Waals surface area contributed by atoms with Gasteiger partial charge < -0.3 is 5.32 Å². The summed E-state index contributed by atoms with van der Waals surface area (Å²) >= 11 is 0. The third-order valence-electron chi connectivity index (χ3n) is 4.94. The van der Waals surface area contributed by atoms with Gasteiger partial charge in [0, 0.05) is 17.3 Å². The number of rotatable bonds is 7. The number of fused-ring (bicyclic) bond motifs is 1. The summed E-state index contributed by atoms with van der Waals surface area (Å²) in [6, 6.07) is 12.3. The molecule has 0 bridgehead atoms. The van der Waals surface area contributed by atoms with Crippen molar-refractivity contribution in [3.8, 4) is 0 Å². The Bertz CT molecular complexity index is 921. The van der Waals surface area contributed by atoms with Crippen molar-refractivity contribution in [3.63, 3.8) is 0 Å². The number of nitrogens with one attached hydrogen (secondary N) is 2. The fourth-order valence-electron chi connectivity index (χ4n) is 3.42. The van der Waals surface area contributed by atoms with Crippen LogP contribution in [0.3, 0.4) is 0 Å². The molecule has 0 aromatic heterocycles. The van der Waals surface area contributed by atoms with E-state index in [1.807, 2.05) is 18.2 Å². The minimum atomic E-state index is -3.68. The topological polar surface area (TPSA) is 75.3 Å². The van der Waals surface area contributed by atoms with Gasteiger partial charge in [-0.2, -0.15) is 0 Å². The third kappa shape index (κ3) is 4.76. The average molecular weight is 387 g/mol. The maximum absolute atomic E-state index is 12.6. The van der Waals surface area contributed by atoms with Crippen LogP contribution in [-0.2, 0) is 22.9 Å². The lowest BCUT2D eigenvalue weighted by atomic mass is 9.88. The van der Waals surface area contributed by atoms with E-state index >= 15 is 0 Å². The zero-order chi connectivity index (χ0) is 19.4. The molecule has 2 aromatic rings. The molecule has 5 nitrogen and oxygen atoms in total.